The number of rotatable bonds is 5. The van der Waals surface area contributed by atoms with Crippen LogP contribution in [0.3, 0.4) is 0 Å². The third-order valence-corrected chi connectivity index (χ3v) is 3.90. The molecule has 0 saturated carbocycles. The number of aryl methyl sites for hydroxylation is 2. The highest BCUT2D eigenvalue weighted by molar-refractivity contribution is 6.01. The van der Waals surface area contributed by atoms with Crippen LogP contribution in [0.1, 0.15) is 43.7 Å². The van der Waals surface area contributed by atoms with E-state index in [9.17, 15) is 9.59 Å². The van der Waals surface area contributed by atoms with Gasteiger partial charge in [-0.1, -0.05) is 59.7 Å². The van der Waals surface area contributed by atoms with Gasteiger partial charge in [0.05, 0.1) is 6.26 Å². The summed E-state index contributed by atoms with van der Waals surface area (Å²) in [6.45, 7) is 3.90. The van der Waals surface area contributed by atoms with Crippen molar-refractivity contribution in [2.24, 2.45) is 0 Å². The van der Waals surface area contributed by atoms with Gasteiger partial charge in [-0.25, -0.2) is 4.79 Å². The fourth-order valence-electron chi connectivity index (χ4n) is 2.44. The lowest BCUT2D eigenvalue weighted by molar-refractivity contribution is 0.0250. The van der Waals surface area contributed by atoms with E-state index in [1.54, 1.807) is 30.3 Å². The Morgan fingerprint density at radius 2 is 1.48 bits per heavy atom. The number of furan rings is 1. The Balaban J connectivity index is 1.93. The summed E-state index contributed by atoms with van der Waals surface area (Å²) in [6.07, 6.45) is 0.361. The van der Waals surface area contributed by atoms with Crippen LogP contribution in [-0.2, 0) is 4.74 Å². The van der Waals surface area contributed by atoms with Gasteiger partial charge in [0.25, 0.3) is 0 Å². The zero-order valence-corrected chi connectivity index (χ0v) is 14.1. The van der Waals surface area contributed by atoms with Crippen LogP contribution in [0.15, 0.2) is 71.3 Å². The molecule has 3 aromatic rings. The number of Topliss-reactive ketones (excluding diaryl/α,β-unsaturated/α-hetero) is 1. The molecule has 1 aromatic heterocycles. The highest BCUT2D eigenvalue weighted by Gasteiger charge is 2.27. The summed E-state index contributed by atoms with van der Waals surface area (Å²) in [5.74, 6) is -0.881. The van der Waals surface area contributed by atoms with Gasteiger partial charge in [-0.2, -0.15) is 0 Å². The zero-order valence-electron chi connectivity index (χ0n) is 14.1. The Labute approximate surface area is 146 Å². The molecule has 4 nitrogen and oxygen atoms in total. The molecule has 0 N–H and O–H groups in total. The lowest BCUT2D eigenvalue weighted by Gasteiger charge is -2.17. The van der Waals surface area contributed by atoms with E-state index in [0.717, 1.165) is 11.1 Å². The Morgan fingerprint density at radius 3 is 2.04 bits per heavy atom. The minimum Gasteiger partial charge on any atom is -0.457 e. The van der Waals surface area contributed by atoms with Crippen LogP contribution in [0.2, 0.25) is 0 Å². The quantitative estimate of drug-likeness (QED) is 0.502. The van der Waals surface area contributed by atoms with Gasteiger partial charge in [-0.05, 0) is 26.0 Å². The minimum absolute atomic E-state index is 0.0637. The van der Waals surface area contributed by atoms with Crippen molar-refractivity contribution < 1.29 is 18.7 Å². The molecule has 0 spiro atoms. The molecule has 0 bridgehead atoms. The van der Waals surface area contributed by atoms with E-state index in [4.69, 9.17) is 9.15 Å². The fourth-order valence-corrected chi connectivity index (χ4v) is 2.44. The van der Waals surface area contributed by atoms with Gasteiger partial charge in [-0.15, -0.1) is 0 Å². The molecular weight excluding hydrogens is 316 g/mol. The predicted molar refractivity (Wildman–Crippen MR) is 93.6 cm³/mol. The van der Waals surface area contributed by atoms with E-state index >= 15 is 0 Å². The Kier molecular flexibility index (Phi) is 4.80. The number of carbonyl (C=O) groups excluding carboxylic acids is 2. The van der Waals surface area contributed by atoms with Gasteiger partial charge in [0.2, 0.25) is 11.5 Å². The summed E-state index contributed by atoms with van der Waals surface area (Å²) in [7, 11) is 0. The normalized spacial score (nSPS) is 11.8. The van der Waals surface area contributed by atoms with Gasteiger partial charge < -0.3 is 9.15 Å². The zero-order chi connectivity index (χ0) is 17.8. The van der Waals surface area contributed by atoms with Crippen molar-refractivity contribution >= 4 is 11.8 Å². The van der Waals surface area contributed by atoms with E-state index in [2.05, 4.69) is 0 Å². The van der Waals surface area contributed by atoms with Crippen molar-refractivity contribution in [3.63, 3.8) is 0 Å². The molecule has 0 fully saturated rings. The van der Waals surface area contributed by atoms with Crippen LogP contribution < -0.4 is 0 Å². The first-order valence-corrected chi connectivity index (χ1v) is 7.96. The fraction of sp³-hybridized carbons (Fsp3) is 0.143. The van der Waals surface area contributed by atoms with Crippen molar-refractivity contribution in [3.8, 4) is 0 Å². The third-order valence-electron chi connectivity index (χ3n) is 3.90. The molecular formula is C21H18O4. The number of ketones is 1. The van der Waals surface area contributed by atoms with Gasteiger partial charge in [0, 0.05) is 11.1 Å². The van der Waals surface area contributed by atoms with Crippen LogP contribution in [-0.4, -0.2) is 11.8 Å². The van der Waals surface area contributed by atoms with Crippen LogP contribution in [0.4, 0.5) is 0 Å². The molecule has 0 aliphatic rings. The molecule has 0 radical (unpaired) electrons. The largest absolute Gasteiger partial charge is 0.457 e. The second-order valence-corrected chi connectivity index (χ2v) is 5.90. The summed E-state index contributed by atoms with van der Waals surface area (Å²) in [5.41, 5.74) is 3.22. The first kappa shape index (κ1) is 16.7. The SMILES string of the molecule is Cc1ccc(C(=O)[C@H](OC(=O)c2ccco2)c2ccc(C)cc2)cc1. The molecule has 0 aliphatic heterocycles. The highest BCUT2D eigenvalue weighted by Crippen LogP contribution is 2.25. The van der Waals surface area contributed by atoms with Crippen LogP contribution in [0.25, 0.3) is 0 Å². The van der Waals surface area contributed by atoms with Crippen molar-refractivity contribution in [1.82, 2.24) is 0 Å². The van der Waals surface area contributed by atoms with Gasteiger partial charge in [0.15, 0.2) is 6.10 Å². The molecule has 2 aromatic carbocycles. The van der Waals surface area contributed by atoms with Crippen LogP contribution >= 0.6 is 0 Å². The standard InChI is InChI=1S/C21H18O4/c1-14-5-9-16(10-6-14)19(22)20(17-11-7-15(2)8-12-17)25-21(23)18-4-3-13-24-18/h3-13,20H,1-2H3/t20-/m1/s1. The number of benzene rings is 2. The van der Waals surface area contributed by atoms with Gasteiger partial charge in [-0.3, -0.25) is 4.79 Å². The molecule has 0 unspecified atom stereocenters. The second-order valence-electron chi connectivity index (χ2n) is 5.90. The molecule has 4 heteroatoms. The molecule has 25 heavy (non-hydrogen) atoms. The van der Waals surface area contributed by atoms with E-state index in [0.29, 0.717) is 11.1 Å². The van der Waals surface area contributed by atoms with Gasteiger partial charge in [0.1, 0.15) is 0 Å². The Bertz CT molecular complexity index is 859. The summed E-state index contributed by atoms with van der Waals surface area (Å²) in [6, 6.07) is 17.6. The number of hydrogen-bond donors (Lipinski definition) is 0. The molecule has 3 rings (SSSR count). The number of esters is 1. The van der Waals surface area contributed by atoms with E-state index < -0.39 is 12.1 Å². The molecule has 1 heterocycles. The Morgan fingerprint density at radius 1 is 0.880 bits per heavy atom. The van der Waals surface area contributed by atoms with Gasteiger partial charge >= 0.3 is 5.97 Å². The lowest BCUT2D eigenvalue weighted by atomic mass is 9.98. The molecule has 0 saturated heterocycles. The second kappa shape index (κ2) is 7.18. The summed E-state index contributed by atoms with van der Waals surface area (Å²) >= 11 is 0. The van der Waals surface area contributed by atoms with Crippen LogP contribution in [0, 0.1) is 13.8 Å². The smallest absolute Gasteiger partial charge is 0.375 e. The van der Waals surface area contributed by atoms with E-state index in [1.807, 2.05) is 38.1 Å². The minimum atomic E-state index is -1.03. The number of carbonyl (C=O) groups is 2. The van der Waals surface area contributed by atoms with E-state index in [1.165, 1.54) is 12.3 Å². The van der Waals surface area contributed by atoms with Crippen molar-refractivity contribution in [3.05, 3.63) is 94.9 Å². The predicted octanol–water partition coefficient (Wildman–Crippen LogP) is 4.68. The molecule has 0 amide bonds. The molecule has 126 valence electrons. The summed E-state index contributed by atoms with van der Waals surface area (Å²) < 4.78 is 10.6. The van der Waals surface area contributed by atoms with E-state index in [-0.39, 0.29) is 11.5 Å². The monoisotopic (exact) mass is 334 g/mol. The number of hydrogen-bond acceptors (Lipinski definition) is 4. The topological polar surface area (TPSA) is 56.5 Å². The molecule has 1 atom stereocenters. The highest BCUT2D eigenvalue weighted by atomic mass is 16.6. The summed E-state index contributed by atoms with van der Waals surface area (Å²) in [4.78, 5) is 25.2. The lowest BCUT2D eigenvalue weighted by Crippen LogP contribution is -2.20. The van der Waals surface area contributed by atoms with Crippen molar-refractivity contribution in [1.29, 1.82) is 0 Å². The first-order valence-electron chi connectivity index (χ1n) is 7.96. The Hall–Kier alpha value is -3.14. The van der Waals surface area contributed by atoms with Crippen molar-refractivity contribution in [2.45, 2.75) is 20.0 Å². The summed E-state index contributed by atoms with van der Waals surface area (Å²) in [5, 5.41) is 0. The maximum Gasteiger partial charge on any atom is 0.375 e. The van der Waals surface area contributed by atoms with Crippen LogP contribution in [0.5, 0.6) is 0 Å². The van der Waals surface area contributed by atoms with Crippen molar-refractivity contribution in [2.75, 3.05) is 0 Å². The average Bonchev–Trinajstić information content (AvgIpc) is 3.15. The maximum absolute atomic E-state index is 12.9. The molecule has 0 aliphatic carbocycles. The third kappa shape index (κ3) is 3.86. The maximum atomic E-state index is 12.9. The first-order chi connectivity index (χ1) is 12.0. The number of ether oxygens (including phenoxy) is 1. The average molecular weight is 334 g/mol.